The number of aryl methyl sites for hydroxylation is 1. The standard InChI is InChI=1S/C16H9F3N2OS/c1-9-2-4-12(22-9)6-10(8-20)15-21-13-5-3-11(16(17,18)19)7-14(13)23-15/h2-7H,1H3. The Kier molecular flexibility index (Phi) is 3.70. The molecule has 2 aromatic heterocycles. The van der Waals surface area contributed by atoms with Gasteiger partial charge >= 0.3 is 6.18 Å². The van der Waals surface area contributed by atoms with Gasteiger partial charge in [-0.05, 0) is 37.3 Å². The van der Waals surface area contributed by atoms with E-state index in [0.29, 0.717) is 26.7 Å². The van der Waals surface area contributed by atoms with Gasteiger partial charge in [-0.25, -0.2) is 4.98 Å². The topological polar surface area (TPSA) is 49.8 Å². The van der Waals surface area contributed by atoms with Crippen LogP contribution in [0.5, 0.6) is 0 Å². The van der Waals surface area contributed by atoms with Crippen LogP contribution in [0, 0.1) is 18.3 Å². The van der Waals surface area contributed by atoms with E-state index in [0.717, 1.165) is 23.5 Å². The van der Waals surface area contributed by atoms with Crippen molar-refractivity contribution < 1.29 is 17.6 Å². The van der Waals surface area contributed by atoms with Crippen LogP contribution in [-0.2, 0) is 6.18 Å². The van der Waals surface area contributed by atoms with Crippen LogP contribution < -0.4 is 0 Å². The van der Waals surface area contributed by atoms with E-state index >= 15 is 0 Å². The maximum absolute atomic E-state index is 12.7. The van der Waals surface area contributed by atoms with Crippen LogP contribution in [0.2, 0.25) is 0 Å². The molecule has 0 N–H and O–H groups in total. The van der Waals surface area contributed by atoms with E-state index in [-0.39, 0.29) is 5.57 Å². The molecular formula is C16H9F3N2OS. The lowest BCUT2D eigenvalue weighted by Crippen LogP contribution is -2.03. The van der Waals surface area contributed by atoms with Crippen molar-refractivity contribution in [2.45, 2.75) is 13.1 Å². The van der Waals surface area contributed by atoms with Crippen molar-refractivity contribution in [3.05, 3.63) is 52.4 Å². The van der Waals surface area contributed by atoms with Gasteiger partial charge in [-0.3, -0.25) is 0 Å². The molecule has 0 fully saturated rings. The summed E-state index contributed by atoms with van der Waals surface area (Å²) in [4.78, 5) is 4.23. The summed E-state index contributed by atoms with van der Waals surface area (Å²) in [6.07, 6.45) is -2.88. The number of hydrogen-bond donors (Lipinski definition) is 0. The maximum atomic E-state index is 12.7. The quantitative estimate of drug-likeness (QED) is 0.599. The van der Waals surface area contributed by atoms with Gasteiger partial charge in [0, 0.05) is 6.08 Å². The number of nitriles is 1. The zero-order valence-electron chi connectivity index (χ0n) is 11.8. The molecule has 2 heterocycles. The largest absolute Gasteiger partial charge is 0.462 e. The first kappa shape index (κ1) is 15.3. The SMILES string of the molecule is Cc1ccc(C=C(C#N)c2nc3ccc(C(F)(F)F)cc3s2)o1. The number of fused-ring (bicyclic) bond motifs is 1. The van der Waals surface area contributed by atoms with Crippen molar-refractivity contribution in [1.29, 1.82) is 5.26 Å². The van der Waals surface area contributed by atoms with Crippen molar-refractivity contribution in [2.24, 2.45) is 0 Å². The van der Waals surface area contributed by atoms with Crippen LogP contribution in [0.4, 0.5) is 13.2 Å². The van der Waals surface area contributed by atoms with Crippen LogP contribution in [0.25, 0.3) is 21.9 Å². The Morgan fingerprint density at radius 3 is 2.70 bits per heavy atom. The predicted molar refractivity (Wildman–Crippen MR) is 81.6 cm³/mol. The summed E-state index contributed by atoms with van der Waals surface area (Å²) in [7, 11) is 0. The van der Waals surface area contributed by atoms with Gasteiger partial charge in [0.1, 0.15) is 22.6 Å². The van der Waals surface area contributed by atoms with Gasteiger partial charge in [-0.15, -0.1) is 11.3 Å². The number of hydrogen-bond acceptors (Lipinski definition) is 4. The number of furan rings is 1. The maximum Gasteiger partial charge on any atom is 0.416 e. The van der Waals surface area contributed by atoms with Crippen LogP contribution in [-0.4, -0.2) is 4.98 Å². The van der Waals surface area contributed by atoms with Crippen LogP contribution in [0.15, 0.2) is 34.7 Å². The molecule has 3 aromatic rings. The van der Waals surface area contributed by atoms with E-state index in [9.17, 15) is 18.4 Å². The number of alkyl halides is 3. The molecule has 0 aliphatic carbocycles. The average molecular weight is 334 g/mol. The van der Waals surface area contributed by atoms with Gasteiger partial charge in [-0.2, -0.15) is 18.4 Å². The van der Waals surface area contributed by atoms with Gasteiger partial charge in [0.2, 0.25) is 0 Å². The summed E-state index contributed by atoms with van der Waals surface area (Å²) in [6, 6.07) is 8.82. The molecule has 0 radical (unpaired) electrons. The normalized spacial score (nSPS) is 12.6. The molecule has 3 nitrogen and oxygen atoms in total. The minimum absolute atomic E-state index is 0.245. The Morgan fingerprint density at radius 2 is 2.09 bits per heavy atom. The number of aromatic nitrogens is 1. The Morgan fingerprint density at radius 1 is 1.30 bits per heavy atom. The fourth-order valence-electron chi connectivity index (χ4n) is 2.03. The summed E-state index contributed by atoms with van der Waals surface area (Å²) in [6.45, 7) is 1.78. The van der Waals surface area contributed by atoms with Crippen molar-refractivity contribution >= 4 is 33.2 Å². The molecule has 0 saturated heterocycles. The molecule has 0 aliphatic heterocycles. The first-order chi connectivity index (χ1) is 10.9. The van der Waals surface area contributed by atoms with E-state index < -0.39 is 11.7 Å². The summed E-state index contributed by atoms with van der Waals surface area (Å²) in [5.74, 6) is 1.20. The van der Waals surface area contributed by atoms with Crippen LogP contribution >= 0.6 is 11.3 Å². The average Bonchev–Trinajstić information content (AvgIpc) is 3.08. The third-order valence-corrected chi connectivity index (χ3v) is 4.17. The Hall–Kier alpha value is -2.59. The molecule has 0 atom stereocenters. The van der Waals surface area contributed by atoms with Crippen molar-refractivity contribution in [3.8, 4) is 6.07 Å². The Labute approximate surface area is 133 Å². The minimum Gasteiger partial charge on any atom is -0.462 e. The zero-order chi connectivity index (χ0) is 16.6. The number of rotatable bonds is 2. The molecule has 3 rings (SSSR count). The predicted octanol–water partition coefficient (Wildman–Crippen LogP) is 5.28. The van der Waals surface area contributed by atoms with Crippen molar-refractivity contribution in [2.75, 3.05) is 0 Å². The van der Waals surface area contributed by atoms with Gasteiger partial charge < -0.3 is 4.42 Å². The second kappa shape index (κ2) is 5.56. The molecule has 0 spiro atoms. The lowest BCUT2D eigenvalue weighted by atomic mass is 10.2. The highest BCUT2D eigenvalue weighted by molar-refractivity contribution is 7.19. The van der Waals surface area contributed by atoms with Crippen molar-refractivity contribution in [3.63, 3.8) is 0 Å². The van der Waals surface area contributed by atoms with Gasteiger partial charge in [0.25, 0.3) is 0 Å². The minimum atomic E-state index is -4.40. The molecule has 23 heavy (non-hydrogen) atoms. The third kappa shape index (κ3) is 3.12. The number of thiazole rings is 1. The highest BCUT2D eigenvalue weighted by atomic mass is 32.1. The van der Waals surface area contributed by atoms with Crippen LogP contribution in [0.1, 0.15) is 22.1 Å². The lowest BCUT2D eigenvalue weighted by molar-refractivity contribution is -0.137. The molecule has 0 amide bonds. The lowest BCUT2D eigenvalue weighted by Gasteiger charge is -2.04. The monoisotopic (exact) mass is 334 g/mol. The van der Waals surface area contributed by atoms with Crippen LogP contribution in [0.3, 0.4) is 0 Å². The summed E-state index contributed by atoms with van der Waals surface area (Å²) in [5.41, 5.74) is -0.0618. The summed E-state index contributed by atoms with van der Waals surface area (Å²) < 4.78 is 44.0. The number of nitrogens with zero attached hydrogens (tertiary/aromatic N) is 2. The Balaban J connectivity index is 2.05. The fourth-order valence-corrected chi connectivity index (χ4v) is 3.00. The van der Waals surface area contributed by atoms with Gasteiger partial charge in [0.15, 0.2) is 0 Å². The fraction of sp³-hybridized carbons (Fsp3) is 0.125. The molecule has 116 valence electrons. The Bertz CT molecular complexity index is 944. The smallest absolute Gasteiger partial charge is 0.416 e. The molecular weight excluding hydrogens is 325 g/mol. The number of halogens is 3. The molecule has 7 heteroatoms. The zero-order valence-corrected chi connectivity index (χ0v) is 12.6. The van der Waals surface area contributed by atoms with E-state index in [4.69, 9.17) is 4.42 Å². The van der Waals surface area contributed by atoms with Gasteiger partial charge in [-0.1, -0.05) is 0 Å². The van der Waals surface area contributed by atoms with Crippen molar-refractivity contribution in [1.82, 2.24) is 4.98 Å². The van der Waals surface area contributed by atoms with E-state index in [1.807, 2.05) is 6.07 Å². The highest BCUT2D eigenvalue weighted by Gasteiger charge is 2.30. The van der Waals surface area contributed by atoms with E-state index in [1.54, 1.807) is 19.1 Å². The molecule has 0 bridgehead atoms. The number of benzene rings is 1. The summed E-state index contributed by atoms with van der Waals surface area (Å²) in [5, 5.41) is 9.64. The molecule has 0 saturated carbocycles. The van der Waals surface area contributed by atoms with Gasteiger partial charge in [0.05, 0.1) is 21.4 Å². The first-order valence-corrected chi connectivity index (χ1v) is 7.35. The second-order valence-corrected chi connectivity index (χ2v) is 5.85. The summed E-state index contributed by atoms with van der Waals surface area (Å²) >= 11 is 1.04. The highest BCUT2D eigenvalue weighted by Crippen LogP contribution is 2.34. The van der Waals surface area contributed by atoms with E-state index in [1.165, 1.54) is 12.1 Å². The number of allylic oxidation sites excluding steroid dienone is 1. The third-order valence-electron chi connectivity index (χ3n) is 3.11. The first-order valence-electron chi connectivity index (χ1n) is 6.53. The van der Waals surface area contributed by atoms with E-state index in [2.05, 4.69) is 4.98 Å². The molecule has 1 aromatic carbocycles. The molecule has 0 unspecified atom stereocenters. The molecule has 0 aliphatic rings. The second-order valence-electron chi connectivity index (χ2n) is 4.82.